The molecular weight excluding hydrogens is 292 g/mol. The van der Waals surface area contributed by atoms with Gasteiger partial charge in [-0.25, -0.2) is 9.78 Å². The summed E-state index contributed by atoms with van der Waals surface area (Å²) in [6.07, 6.45) is 1.50. The van der Waals surface area contributed by atoms with E-state index in [-0.39, 0.29) is 11.4 Å². The minimum atomic E-state index is -1.20. The van der Waals surface area contributed by atoms with Crippen LogP contribution in [0.5, 0.6) is 5.75 Å². The molecule has 0 saturated heterocycles. The summed E-state index contributed by atoms with van der Waals surface area (Å²) in [5.41, 5.74) is 8.44. The number of benzene rings is 2. The molecule has 1 heterocycles. The first kappa shape index (κ1) is 14.8. The van der Waals surface area contributed by atoms with Crippen LogP contribution in [0.25, 0.3) is 10.9 Å². The summed E-state index contributed by atoms with van der Waals surface area (Å²) in [7, 11) is 0. The van der Waals surface area contributed by atoms with Crippen molar-refractivity contribution >= 4 is 22.6 Å². The van der Waals surface area contributed by atoms with Gasteiger partial charge < -0.3 is 15.9 Å². The zero-order valence-corrected chi connectivity index (χ0v) is 12.4. The lowest BCUT2D eigenvalue weighted by Gasteiger charge is -2.11. The third-order valence-corrected chi connectivity index (χ3v) is 3.80. The second kappa shape index (κ2) is 5.96. The lowest BCUT2D eigenvalue weighted by atomic mass is 9.99. The lowest BCUT2D eigenvalue weighted by Crippen LogP contribution is -2.03. The maximum absolute atomic E-state index is 11.1. The van der Waals surface area contributed by atoms with Crippen LogP contribution in [0.2, 0.25) is 0 Å². The van der Waals surface area contributed by atoms with E-state index in [2.05, 4.69) is 4.98 Å². The van der Waals surface area contributed by atoms with Gasteiger partial charge in [0.05, 0.1) is 11.2 Å². The van der Waals surface area contributed by atoms with Crippen molar-refractivity contribution in [2.24, 2.45) is 0 Å². The van der Waals surface area contributed by atoms with Gasteiger partial charge in [-0.05, 0) is 30.0 Å². The third kappa shape index (κ3) is 2.94. The summed E-state index contributed by atoms with van der Waals surface area (Å²) in [4.78, 5) is 15.2. The topological polar surface area (TPSA) is 96.4 Å². The monoisotopic (exact) mass is 308 g/mol. The van der Waals surface area contributed by atoms with E-state index in [1.165, 1.54) is 5.56 Å². The number of nitrogen functional groups attached to an aromatic ring is 1. The number of fused-ring (bicyclic) bond motifs is 1. The van der Waals surface area contributed by atoms with Crippen molar-refractivity contribution in [3.05, 3.63) is 65.4 Å². The Labute approximate surface area is 133 Å². The number of nitrogens with two attached hydrogens (primary N) is 1. The van der Waals surface area contributed by atoms with E-state index in [0.717, 1.165) is 18.1 Å². The first-order valence-electron chi connectivity index (χ1n) is 7.24. The molecule has 0 unspecified atom stereocenters. The van der Waals surface area contributed by atoms with E-state index in [4.69, 9.17) is 10.8 Å². The van der Waals surface area contributed by atoms with Crippen molar-refractivity contribution in [2.75, 3.05) is 5.73 Å². The minimum absolute atomic E-state index is 0.109. The molecular formula is C18H16N2O3. The summed E-state index contributed by atoms with van der Waals surface area (Å²) < 4.78 is 0. The van der Waals surface area contributed by atoms with E-state index in [1.54, 1.807) is 6.07 Å². The Bertz CT molecular complexity index is 876. The van der Waals surface area contributed by atoms with Gasteiger partial charge in [-0.1, -0.05) is 36.4 Å². The number of carboxylic acid groups (broad SMARTS) is 1. The molecule has 3 rings (SSSR count). The summed E-state index contributed by atoms with van der Waals surface area (Å²) in [6.45, 7) is 0. The van der Waals surface area contributed by atoms with Crippen LogP contribution in [0, 0.1) is 0 Å². The molecule has 0 atom stereocenters. The Morgan fingerprint density at radius 1 is 1.09 bits per heavy atom. The number of rotatable bonds is 4. The Kier molecular flexibility index (Phi) is 3.85. The molecule has 0 bridgehead atoms. The molecule has 0 aliphatic heterocycles. The number of aromatic nitrogens is 1. The number of hydrogen-bond acceptors (Lipinski definition) is 4. The molecule has 0 spiro atoms. The van der Waals surface area contributed by atoms with Crippen LogP contribution in [0.3, 0.4) is 0 Å². The van der Waals surface area contributed by atoms with Crippen molar-refractivity contribution in [3.8, 4) is 5.75 Å². The van der Waals surface area contributed by atoms with E-state index in [1.807, 2.05) is 36.4 Å². The molecule has 0 saturated carbocycles. The number of anilines is 1. The van der Waals surface area contributed by atoms with Gasteiger partial charge in [-0.3, -0.25) is 0 Å². The predicted molar refractivity (Wildman–Crippen MR) is 88.6 cm³/mol. The number of aryl methyl sites for hydroxylation is 2. The van der Waals surface area contributed by atoms with Gasteiger partial charge in [0.2, 0.25) is 0 Å². The van der Waals surface area contributed by atoms with Crippen molar-refractivity contribution in [1.82, 2.24) is 4.98 Å². The van der Waals surface area contributed by atoms with Crippen molar-refractivity contribution in [1.29, 1.82) is 0 Å². The van der Waals surface area contributed by atoms with Gasteiger partial charge in [-0.15, -0.1) is 0 Å². The average Bonchev–Trinajstić information content (AvgIpc) is 2.55. The number of aromatic carboxylic acids is 1. The first-order chi connectivity index (χ1) is 11.1. The number of aromatic hydroxyl groups is 1. The number of hydrogen-bond donors (Lipinski definition) is 3. The fourth-order valence-corrected chi connectivity index (χ4v) is 2.65. The number of pyridine rings is 1. The molecule has 3 aromatic rings. The van der Waals surface area contributed by atoms with Crippen LogP contribution in [-0.2, 0) is 12.8 Å². The van der Waals surface area contributed by atoms with Crippen LogP contribution in [0.15, 0.2) is 48.5 Å². The Hall–Kier alpha value is -3.08. The van der Waals surface area contributed by atoms with Crippen molar-refractivity contribution < 1.29 is 15.0 Å². The number of carbonyl (C=O) groups is 1. The summed E-state index contributed by atoms with van der Waals surface area (Å²) in [5.74, 6) is -1.31. The summed E-state index contributed by atoms with van der Waals surface area (Å²) >= 11 is 0. The third-order valence-electron chi connectivity index (χ3n) is 3.80. The van der Waals surface area contributed by atoms with Gasteiger partial charge in [0.1, 0.15) is 5.75 Å². The molecule has 0 aliphatic rings. The predicted octanol–water partition coefficient (Wildman–Crippen LogP) is 3.01. The van der Waals surface area contributed by atoms with E-state index < -0.39 is 5.97 Å². The van der Waals surface area contributed by atoms with Crippen LogP contribution >= 0.6 is 0 Å². The molecule has 1 aromatic heterocycles. The molecule has 0 amide bonds. The van der Waals surface area contributed by atoms with Gasteiger partial charge in [0, 0.05) is 11.5 Å². The second-order valence-electron chi connectivity index (χ2n) is 5.35. The van der Waals surface area contributed by atoms with Gasteiger partial charge in [0.25, 0.3) is 0 Å². The highest BCUT2D eigenvalue weighted by molar-refractivity contribution is 5.99. The standard InChI is InChI=1S/C18H16N2O3/c19-13-9-8-12(7-6-11-4-2-1-3-5-11)16-15(21)10-14(18(22)23)20-17(13)16/h1-5,8-10H,6-7,19H2,(H,20,21)(H,22,23). The molecule has 5 nitrogen and oxygen atoms in total. The molecule has 23 heavy (non-hydrogen) atoms. The largest absolute Gasteiger partial charge is 0.507 e. The number of nitrogens with zero attached hydrogens (tertiary/aromatic N) is 1. The fourth-order valence-electron chi connectivity index (χ4n) is 2.65. The second-order valence-corrected chi connectivity index (χ2v) is 5.35. The van der Waals surface area contributed by atoms with Crippen LogP contribution in [0.4, 0.5) is 5.69 Å². The van der Waals surface area contributed by atoms with Crippen LogP contribution in [0.1, 0.15) is 21.6 Å². The molecule has 0 radical (unpaired) electrons. The van der Waals surface area contributed by atoms with Crippen molar-refractivity contribution in [3.63, 3.8) is 0 Å². The normalized spacial score (nSPS) is 10.8. The molecule has 5 heteroatoms. The molecule has 2 aromatic carbocycles. The highest BCUT2D eigenvalue weighted by atomic mass is 16.4. The Morgan fingerprint density at radius 2 is 1.83 bits per heavy atom. The smallest absolute Gasteiger partial charge is 0.354 e. The summed E-state index contributed by atoms with van der Waals surface area (Å²) in [5, 5.41) is 19.8. The average molecular weight is 308 g/mol. The highest BCUT2D eigenvalue weighted by Gasteiger charge is 2.15. The van der Waals surface area contributed by atoms with Gasteiger partial charge in [0.15, 0.2) is 5.69 Å². The Balaban J connectivity index is 2.04. The van der Waals surface area contributed by atoms with Crippen molar-refractivity contribution in [2.45, 2.75) is 12.8 Å². The zero-order chi connectivity index (χ0) is 16.4. The van der Waals surface area contributed by atoms with E-state index in [0.29, 0.717) is 23.0 Å². The molecule has 4 N–H and O–H groups in total. The van der Waals surface area contributed by atoms with E-state index in [9.17, 15) is 9.90 Å². The SMILES string of the molecule is Nc1ccc(CCc2ccccc2)c2c(O)cc(C(=O)O)nc12. The molecule has 0 aliphatic carbocycles. The van der Waals surface area contributed by atoms with E-state index >= 15 is 0 Å². The summed E-state index contributed by atoms with van der Waals surface area (Å²) in [6, 6.07) is 14.7. The first-order valence-corrected chi connectivity index (χ1v) is 7.24. The van der Waals surface area contributed by atoms with Gasteiger partial charge in [-0.2, -0.15) is 0 Å². The van der Waals surface area contributed by atoms with Gasteiger partial charge >= 0.3 is 5.97 Å². The molecule has 0 fully saturated rings. The minimum Gasteiger partial charge on any atom is -0.507 e. The molecule has 116 valence electrons. The number of carboxylic acids is 1. The quantitative estimate of drug-likeness (QED) is 0.644. The maximum Gasteiger partial charge on any atom is 0.354 e. The lowest BCUT2D eigenvalue weighted by molar-refractivity contribution is 0.0690. The maximum atomic E-state index is 11.1. The highest BCUT2D eigenvalue weighted by Crippen LogP contribution is 2.32. The van der Waals surface area contributed by atoms with Crippen LogP contribution < -0.4 is 5.73 Å². The van der Waals surface area contributed by atoms with Crippen LogP contribution in [-0.4, -0.2) is 21.2 Å². The zero-order valence-electron chi connectivity index (χ0n) is 12.4. The Morgan fingerprint density at radius 3 is 2.52 bits per heavy atom. The fraction of sp³-hybridized carbons (Fsp3) is 0.111.